The Labute approximate surface area is 226 Å². The van der Waals surface area contributed by atoms with E-state index in [-0.39, 0.29) is 29.7 Å². The fourth-order valence-electron chi connectivity index (χ4n) is 5.01. The van der Waals surface area contributed by atoms with E-state index in [2.05, 4.69) is 15.1 Å². The highest BCUT2D eigenvalue weighted by molar-refractivity contribution is 5.44. The summed E-state index contributed by atoms with van der Waals surface area (Å²) in [6.07, 6.45) is -5.01. The second kappa shape index (κ2) is 12.6. The summed E-state index contributed by atoms with van der Waals surface area (Å²) in [6.45, 7) is 7.76. The van der Waals surface area contributed by atoms with E-state index in [4.69, 9.17) is 9.53 Å². The van der Waals surface area contributed by atoms with Gasteiger partial charge in [-0.1, -0.05) is 6.92 Å². The van der Waals surface area contributed by atoms with Crippen LogP contribution in [0, 0.1) is 0 Å². The molecule has 0 amide bonds. The Kier molecular flexibility index (Phi) is 9.93. The molecule has 1 unspecified atom stereocenters. The normalized spacial score (nSPS) is 18.4. The average molecular weight is 579 g/mol. The van der Waals surface area contributed by atoms with Crippen molar-refractivity contribution in [1.82, 2.24) is 25.1 Å². The van der Waals surface area contributed by atoms with Gasteiger partial charge in [0.2, 0.25) is 5.95 Å². The lowest BCUT2D eigenvalue weighted by Crippen LogP contribution is -2.62. The number of aromatic nitrogens is 4. The fraction of sp³-hybridized carbons (Fsp3) is 0.640. The first-order valence-corrected chi connectivity index (χ1v) is 12.8. The number of carbonyl (C=O) groups excluding carboxylic acids is 1. The van der Waals surface area contributed by atoms with Crippen LogP contribution < -0.4 is 10.5 Å². The Bertz CT molecular complexity index is 1200. The van der Waals surface area contributed by atoms with Gasteiger partial charge in [-0.25, -0.2) is 15.1 Å². The molecule has 4 rings (SSSR count). The predicted molar refractivity (Wildman–Crippen MR) is 133 cm³/mol. The number of nitrogens with zero attached hydrogens (tertiary/aromatic N) is 5. The highest BCUT2D eigenvalue weighted by Gasteiger charge is 2.48. The lowest BCUT2D eigenvalue weighted by Gasteiger charge is -2.50. The zero-order chi connectivity index (χ0) is 29.7. The smallest absolute Gasteiger partial charge is 0.373 e. The molecule has 40 heavy (non-hydrogen) atoms. The molecule has 1 aliphatic carbocycles. The van der Waals surface area contributed by atoms with Crippen molar-refractivity contribution < 1.29 is 35.9 Å². The molecule has 2 aromatic rings. The minimum Gasteiger partial charge on any atom is -0.373 e. The minimum absolute atomic E-state index is 0.0303. The van der Waals surface area contributed by atoms with Crippen LogP contribution in [0.1, 0.15) is 68.5 Å². The Hall–Kier alpha value is -3.07. The van der Waals surface area contributed by atoms with Gasteiger partial charge in [0.15, 0.2) is 0 Å². The first-order chi connectivity index (χ1) is 18.7. The van der Waals surface area contributed by atoms with Crippen molar-refractivity contribution in [3.8, 4) is 0 Å². The van der Waals surface area contributed by atoms with Gasteiger partial charge in [-0.2, -0.15) is 31.4 Å². The van der Waals surface area contributed by atoms with Crippen LogP contribution in [-0.2, 0) is 28.3 Å². The van der Waals surface area contributed by atoms with Gasteiger partial charge in [0.1, 0.15) is 11.8 Å². The third kappa shape index (κ3) is 7.36. The quantitative estimate of drug-likeness (QED) is 0.269. The summed E-state index contributed by atoms with van der Waals surface area (Å²) in [5, 5.41) is 5.92. The topological polar surface area (TPSA) is 104 Å². The first kappa shape index (κ1) is 31.5. The molecule has 1 aliphatic heterocycles. The van der Waals surface area contributed by atoms with E-state index in [1.807, 2.05) is 23.8 Å². The van der Waals surface area contributed by atoms with E-state index >= 15 is 0 Å². The van der Waals surface area contributed by atoms with Crippen LogP contribution in [0.5, 0.6) is 0 Å². The molecule has 1 atom stereocenters. The standard InChI is InChI=1S/C23H28F6N6O2.C2H4O/c1-3-7-34(20-30-10-14(11-31-20)22(24,25)26)8-4-9-37-21(2)12-35(13-21)16-6-5-15-17(23(27,28)29)19(36)33-32-18(15)16;1-2-3/h10-11,16H,3-9,12-13H2,1-2H3,(H,33,36);2H,1H3. The van der Waals surface area contributed by atoms with E-state index < -0.39 is 34.6 Å². The van der Waals surface area contributed by atoms with Crippen molar-refractivity contribution in [2.75, 3.05) is 37.7 Å². The molecular formula is C25H32F6N6O3. The molecule has 2 aliphatic rings. The summed E-state index contributed by atoms with van der Waals surface area (Å²) in [4.78, 5) is 32.1. The minimum atomic E-state index is -4.74. The van der Waals surface area contributed by atoms with Crippen molar-refractivity contribution in [1.29, 1.82) is 0 Å². The zero-order valence-corrected chi connectivity index (χ0v) is 22.4. The number of halogens is 6. The van der Waals surface area contributed by atoms with Crippen molar-refractivity contribution in [3.05, 3.63) is 45.1 Å². The monoisotopic (exact) mass is 578 g/mol. The van der Waals surface area contributed by atoms with Gasteiger partial charge in [-0.15, -0.1) is 0 Å². The molecule has 9 nitrogen and oxygen atoms in total. The fourth-order valence-corrected chi connectivity index (χ4v) is 5.01. The molecular weight excluding hydrogens is 546 g/mol. The van der Waals surface area contributed by atoms with E-state index in [9.17, 15) is 31.1 Å². The largest absolute Gasteiger partial charge is 0.422 e. The van der Waals surface area contributed by atoms with Gasteiger partial charge < -0.3 is 14.4 Å². The van der Waals surface area contributed by atoms with Crippen LogP contribution in [0.4, 0.5) is 32.3 Å². The Morgan fingerprint density at radius 3 is 2.33 bits per heavy atom. The maximum atomic E-state index is 13.4. The summed E-state index contributed by atoms with van der Waals surface area (Å²) in [6, 6.07) is -0.318. The van der Waals surface area contributed by atoms with Crippen molar-refractivity contribution in [2.24, 2.45) is 0 Å². The lowest BCUT2D eigenvalue weighted by atomic mass is 9.93. The first-order valence-electron chi connectivity index (χ1n) is 12.8. The number of ether oxygens (including phenoxy) is 1. The molecule has 1 fully saturated rings. The molecule has 0 saturated carbocycles. The van der Waals surface area contributed by atoms with Crippen LogP contribution in [0.15, 0.2) is 17.2 Å². The predicted octanol–water partition coefficient (Wildman–Crippen LogP) is 4.19. The van der Waals surface area contributed by atoms with Crippen LogP contribution in [0.2, 0.25) is 0 Å². The van der Waals surface area contributed by atoms with Gasteiger partial charge in [-0.05, 0) is 45.1 Å². The maximum Gasteiger partial charge on any atom is 0.422 e. The third-order valence-corrected chi connectivity index (χ3v) is 6.66. The Balaban J connectivity index is 0.00000141. The molecule has 1 saturated heterocycles. The Morgan fingerprint density at radius 2 is 1.77 bits per heavy atom. The summed E-state index contributed by atoms with van der Waals surface area (Å²) in [7, 11) is 0. The molecule has 3 heterocycles. The van der Waals surface area contributed by atoms with Gasteiger partial charge >= 0.3 is 12.4 Å². The van der Waals surface area contributed by atoms with Crippen molar-refractivity contribution in [2.45, 2.75) is 70.4 Å². The molecule has 2 aromatic heterocycles. The third-order valence-electron chi connectivity index (χ3n) is 6.66. The second-order valence-electron chi connectivity index (χ2n) is 9.89. The number of hydrogen-bond donors (Lipinski definition) is 1. The van der Waals surface area contributed by atoms with Crippen molar-refractivity contribution in [3.63, 3.8) is 0 Å². The van der Waals surface area contributed by atoms with Gasteiger partial charge in [0.25, 0.3) is 5.56 Å². The van der Waals surface area contributed by atoms with E-state index in [0.29, 0.717) is 45.6 Å². The molecule has 0 aromatic carbocycles. The molecule has 1 N–H and O–H groups in total. The number of fused-ring (bicyclic) bond motifs is 1. The second-order valence-corrected chi connectivity index (χ2v) is 9.89. The number of rotatable bonds is 9. The maximum absolute atomic E-state index is 13.4. The zero-order valence-electron chi connectivity index (χ0n) is 22.4. The number of H-pyrrole nitrogens is 1. The van der Waals surface area contributed by atoms with Crippen molar-refractivity contribution >= 4 is 12.2 Å². The number of hydrogen-bond acceptors (Lipinski definition) is 8. The number of alkyl halides is 6. The van der Waals surface area contributed by atoms with Crippen LogP contribution in [0.25, 0.3) is 0 Å². The van der Waals surface area contributed by atoms with E-state index in [1.54, 1.807) is 4.90 Å². The summed E-state index contributed by atoms with van der Waals surface area (Å²) < 4.78 is 84.5. The average Bonchev–Trinajstić information content (AvgIpc) is 3.26. The number of nitrogens with one attached hydrogen (secondary N) is 1. The van der Waals surface area contributed by atoms with Gasteiger partial charge in [-0.3, -0.25) is 9.69 Å². The van der Waals surface area contributed by atoms with E-state index in [1.165, 1.54) is 6.92 Å². The molecule has 0 radical (unpaired) electrons. The molecule has 15 heteroatoms. The summed E-state index contributed by atoms with van der Waals surface area (Å²) in [5.41, 5.74) is -3.54. The van der Waals surface area contributed by atoms with Crippen LogP contribution >= 0.6 is 0 Å². The Morgan fingerprint density at radius 1 is 1.15 bits per heavy atom. The van der Waals surface area contributed by atoms with Crippen LogP contribution in [-0.4, -0.2) is 69.7 Å². The number of aldehydes is 1. The number of anilines is 1. The number of aromatic amines is 1. The summed E-state index contributed by atoms with van der Waals surface area (Å²) >= 11 is 0. The van der Waals surface area contributed by atoms with Crippen LogP contribution in [0.3, 0.4) is 0 Å². The lowest BCUT2D eigenvalue weighted by molar-refractivity contribution is -0.146. The highest BCUT2D eigenvalue weighted by atomic mass is 19.4. The summed E-state index contributed by atoms with van der Waals surface area (Å²) in [5.74, 6) is 0.222. The molecule has 0 spiro atoms. The number of likely N-dealkylation sites (tertiary alicyclic amines) is 1. The van der Waals surface area contributed by atoms with Gasteiger partial charge in [0, 0.05) is 45.2 Å². The molecule has 0 bridgehead atoms. The van der Waals surface area contributed by atoms with Gasteiger partial charge in [0.05, 0.1) is 22.9 Å². The number of carbonyl (C=O) groups is 1. The highest BCUT2D eigenvalue weighted by Crippen LogP contribution is 2.43. The SMILES string of the molecule is CC=O.CCCN(CCCOC1(C)CN(C2CCc3c2n[nH]c(=O)c3C(F)(F)F)C1)c1ncc(C(F)(F)F)cn1. The molecule has 222 valence electrons. The van der Waals surface area contributed by atoms with E-state index in [0.717, 1.165) is 25.1 Å².